The van der Waals surface area contributed by atoms with Gasteiger partial charge in [0.15, 0.2) is 0 Å². The summed E-state index contributed by atoms with van der Waals surface area (Å²) < 4.78 is 46.2. The fourth-order valence-electron chi connectivity index (χ4n) is 3.92. The molecule has 2 aliphatic heterocycles. The van der Waals surface area contributed by atoms with E-state index in [1.54, 1.807) is 17.0 Å². The van der Waals surface area contributed by atoms with E-state index in [2.05, 4.69) is 0 Å². The number of carbonyl (C=O) groups excluding carboxylic acids is 1. The number of carbonyl (C=O) groups is 1. The fourth-order valence-corrected chi connectivity index (χ4v) is 5.58. The molecule has 0 saturated carbocycles. The van der Waals surface area contributed by atoms with Crippen LogP contribution in [-0.2, 0) is 24.1 Å². The van der Waals surface area contributed by atoms with Crippen LogP contribution in [0.5, 0.6) is 0 Å². The zero-order chi connectivity index (χ0) is 25.0. The summed E-state index contributed by atoms with van der Waals surface area (Å²) in [6.07, 6.45) is -0.425. The highest BCUT2D eigenvalue weighted by molar-refractivity contribution is 7.89. The molecule has 10 heteroatoms. The summed E-state index contributed by atoms with van der Waals surface area (Å²) in [7, 11) is -4.41. The molecular weight excluding hydrogens is 443 g/mol. The Morgan fingerprint density at radius 1 is 1.09 bits per heavy atom. The molecule has 3 rings (SSSR count). The van der Waals surface area contributed by atoms with E-state index in [0.717, 1.165) is 5.56 Å². The van der Waals surface area contributed by atoms with E-state index < -0.39 is 40.0 Å². The van der Waals surface area contributed by atoms with Crippen molar-refractivity contribution in [1.29, 1.82) is 0 Å². The maximum absolute atomic E-state index is 13.5. The monoisotopic (exact) mass is 480 g/mol. The van der Waals surface area contributed by atoms with Gasteiger partial charge in [-0.15, -0.1) is 0 Å². The number of hydrogen-bond acceptors (Lipinski definition) is 6. The zero-order valence-electron chi connectivity index (χ0n) is 21.3. The average molecular weight is 480 g/mol. The Morgan fingerprint density at radius 3 is 2.18 bits per heavy atom. The quantitative estimate of drug-likeness (QED) is 0.619. The van der Waals surface area contributed by atoms with E-state index in [4.69, 9.17) is 14.0 Å². The molecule has 33 heavy (non-hydrogen) atoms. The van der Waals surface area contributed by atoms with Gasteiger partial charge in [0, 0.05) is 25.7 Å². The van der Waals surface area contributed by atoms with Gasteiger partial charge in [-0.1, -0.05) is 11.6 Å². The molecule has 0 radical (unpaired) electrons. The van der Waals surface area contributed by atoms with Crippen molar-refractivity contribution < 1.29 is 27.3 Å². The molecule has 0 unspecified atom stereocenters. The molecule has 1 amide bonds. The van der Waals surface area contributed by atoms with Gasteiger partial charge in [0.1, 0.15) is 5.60 Å². The second-order valence-corrected chi connectivity index (χ2v) is 13.0. The van der Waals surface area contributed by atoms with Crippen LogP contribution in [0.1, 0.15) is 61.0 Å². The minimum Gasteiger partial charge on any atom is -0.444 e. The van der Waals surface area contributed by atoms with Crippen LogP contribution in [0.25, 0.3) is 0 Å². The molecule has 0 aromatic heterocycles. The minimum absolute atomic E-state index is 0.196. The van der Waals surface area contributed by atoms with Gasteiger partial charge in [-0.3, -0.25) is 0 Å². The van der Waals surface area contributed by atoms with Gasteiger partial charge in [-0.25, -0.2) is 13.2 Å². The zero-order valence-corrected chi connectivity index (χ0v) is 22.1. The molecule has 0 spiro atoms. The molecule has 0 aliphatic carbocycles. The first-order valence-corrected chi connectivity index (χ1v) is 12.8. The Bertz CT molecular complexity index is 1000. The largest absolute Gasteiger partial charge is 0.494 e. The van der Waals surface area contributed by atoms with Crippen LogP contribution in [0.4, 0.5) is 4.79 Å². The molecule has 0 N–H and O–H groups in total. The molecule has 1 aromatic rings. The summed E-state index contributed by atoms with van der Waals surface area (Å²) in [5.74, 6) is 0. The van der Waals surface area contributed by atoms with E-state index in [1.807, 2.05) is 68.4 Å². The fraction of sp³-hybridized carbons (Fsp3) is 0.696. The van der Waals surface area contributed by atoms with Crippen LogP contribution in [-0.4, -0.2) is 73.3 Å². The van der Waals surface area contributed by atoms with Crippen molar-refractivity contribution in [2.45, 2.75) is 90.1 Å². The predicted octanol–water partition coefficient (Wildman–Crippen LogP) is 2.92. The van der Waals surface area contributed by atoms with Gasteiger partial charge >= 0.3 is 13.2 Å². The van der Waals surface area contributed by atoms with E-state index >= 15 is 0 Å². The number of hydrogen-bond donors (Lipinski definition) is 0. The Labute approximate surface area is 198 Å². The van der Waals surface area contributed by atoms with Crippen molar-refractivity contribution in [2.24, 2.45) is 0 Å². The lowest BCUT2D eigenvalue weighted by Crippen LogP contribution is -2.56. The van der Waals surface area contributed by atoms with E-state index in [1.165, 1.54) is 4.31 Å². The van der Waals surface area contributed by atoms with Gasteiger partial charge in [-0.05, 0) is 79.9 Å². The van der Waals surface area contributed by atoms with E-state index in [9.17, 15) is 13.2 Å². The second-order valence-electron chi connectivity index (χ2n) is 11.1. The molecule has 184 valence electrons. The number of aryl methyl sites for hydroxylation is 1. The van der Waals surface area contributed by atoms with Gasteiger partial charge in [0.05, 0.1) is 16.1 Å². The molecule has 1 atom stereocenters. The summed E-state index contributed by atoms with van der Waals surface area (Å²) in [5, 5.41) is 0. The Balaban J connectivity index is 1.81. The molecule has 8 nitrogen and oxygen atoms in total. The molecule has 0 bridgehead atoms. The topological polar surface area (TPSA) is 85.4 Å². The SMILES string of the molecule is Cc1cc(B2OC(C)(C)C(C)(C)O2)cc(S(=O)(=O)N2CCN(C(=O)OC(C)(C)C)[C@H](C)C2)c1. The number of rotatable bonds is 3. The molecule has 2 aliphatic rings. The number of piperazine rings is 1. The van der Waals surface area contributed by atoms with Gasteiger partial charge in [-0.2, -0.15) is 4.31 Å². The lowest BCUT2D eigenvalue weighted by molar-refractivity contribution is 0.00578. The van der Waals surface area contributed by atoms with E-state index in [0.29, 0.717) is 5.46 Å². The standard InChI is InChI=1S/C23H37BN2O6S/c1-16-12-18(24-31-22(6,7)23(8,9)32-24)14-19(13-16)33(28,29)25-10-11-26(17(2)15-25)20(27)30-21(3,4)5/h12-14,17H,10-11,15H2,1-9H3/t17-/m1/s1. The maximum Gasteiger partial charge on any atom is 0.494 e. The first-order chi connectivity index (χ1) is 14.9. The molecule has 2 saturated heterocycles. The highest BCUT2D eigenvalue weighted by atomic mass is 32.2. The van der Waals surface area contributed by atoms with Gasteiger partial charge < -0.3 is 18.9 Å². The molecule has 2 fully saturated rings. The van der Waals surface area contributed by atoms with Crippen LogP contribution in [0.2, 0.25) is 0 Å². The Hall–Kier alpha value is -1.62. The summed E-state index contributed by atoms with van der Waals surface area (Å²) in [6, 6.07) is 4.88. The van der Waals surface area contributed by atoms with Crippen molar-refractivity contribution >= 4 is 28.7 Å². The van der Waals surface area contributed by atoms with Crippen molar-refractivity contribution in [2.75, 3.05) is 19.6 Å². The second kappa shape index (κ2) is 8.55. The number of amides is 1. The normalized spacial score (nSPS) is 23.6. The minimum atomic E-state index is -3.77. The van der Waals surface area contributed by atoms with Crippen LogP contribution in [0.3, 0.4) is 0 Å². The van der Waals surface area contributed by atoms with Crippen LogP contribution in [0, 0.1) is 6.92 Å². The van der Waals surface area contributed by atoms with Crippen LogP contribution < -0.4 is 5.46 Å². The van der Waals surface area contributed by atoms with Gasteiger partial charge in [0.25, 0.3) is 0 Å². The lowest BCUT2D eigenvalue weighted by atomic mass is 9.78. The third kappa shape index (κ3) is 5.39. The number of benzene rings is 1. The first kappa shape index (κ1) is 26.0. The van der Waals surface area contributed by atoms with E-state index in [-0.39, 0.29) is 30.6 Å². The van der Waals surface area contributed by atoms with Crippen molar-refractivity contribution in [3.63, 3.8) is 0 Å². The highest BCUT2D eigenvalue weighted by Crippen LogP contribution is 2.36. The van der Waals surface area contributed by atoms with Crippen LogP contribution >= 0.6 is 0 Å². The Kier molecular flexibility index (Phi) is 6.74. The maximum atomic E-state index is 13.5. The third-order valence-electron chi connectivity index (χ3n) is 6.45. The lowest BCUT2D eigenvalue weighted by Gasteiger charge is -2.39. The summed E-state index contributed by atoms with van der Waals surface area (Å²) in [5.41, 5.74) is -0.165. The van der Waals surface area contributed by atoms with Crippen molar-refractivity contribution in [3.8, 4) is 0 Å². The third-order valence-corrected chi connectivity index (χ3v) is 8.30. The molecular formula is C23H37BN2O6S. The van der Waals surface area contributed by atoms with Crippen LogP contribution in [0.15, 0.2) is 23.1 Å². The average Bonchev–Trinajstić information content (AvgIpc) is 2.87. The van der Waals surface area contributed by atoms with Crippen molar-refractivity contribution in [3.05, 3.63) is 23.8 Å². The molecule has 1 aromatic carbocycles. The highest BCUT2D eigenvalue weighted by Gasteiger charge is 2.52. The number of nitrogens with zero attached hydrogens (tertiary/aromatic N) is 2. The first-order valence-electron chi connectivity index (χ1n) is 11.4. The Morgan fingerprint density at radius 2 is 1.67 bits per heavy atom. The smallest absolute Gasteiger partial charge is 0.444 e. The summed E-state index contributed by atoms with van der Waals surface area (Å²) >= 11 is 0. The number of sulfonamides is 1. The summed E-state index contributed by atoms with van der Waals surface area (Å²) in [4.78, 5) is 14.3. The summed E-state index contributed by atoms with van der Waals surface area (Å²) in [6.45, 7) is 17.6. The van der Waals surface area contributed by atoms with Crippen molar-refractivity contribution in [1.82, 2.24) is 9.21 Å². The molecule has 2 heterocycles. The van der Waals surface area contributed by atoms with Gasteiger partial charge in [0.2, 0.25) is 10.0 Å². The predicted molar refractivity (Wildman–Crippen MR) is 128 cm³/mol. The number of ether oxygens (including phenoxy) is 1.